The molecule has 3 fully saturated rings. The number of hydrogen-bond donors (Lipinski definition) is 1. The minimum atomic E-state index is 0.0547. The second-order valence-electron chi connectivity index (χ2n) is 9.71. The molecule has 0 radical (unpaired) electrons. The molecule has 3 aromatic rings. The molecular weight excluding hydrogens is 388 g/mol. The smallest absolute Gasteiger partial charge is 0.253 e. The molecule has 3 aliphatic rings. The highest BCUT2D eigenvalue weighted by Gasteiger charge is 2.31. The highest BCUT2D eigenvalue weighted by Crippen LogP contribution is 2.41. The summed E-state index contributed by atoms with van der Waals surface area (Å²) in [6, 6.07) is 8.20. The van der Waals surface area contributed by atoms with E-state index in [1.54, 1.807) is 0 Å². The maximum Gasteiger partial charge on any atom is 0.253 e. The van der Waals surface area contributed by atoms with Crippen LogP contribution < -0.4 is 5.73 Å². The molecule has 2 aliphatic carbocycles. The van der Waals surface area contributed by atoms with E-state index in [-0.39, 0.29) is 11.9 Å². The standard InChI is InChI=1S/C24H30N6O/c1-28-21-9-8-17(24(31)29-10-2-3-18(25)14-29)11-20(21)26-23(28)22-12-19(16-6-7-16)27-30(22)13-15-4-5-15/h8-9,11-12,15-16,18H,2-7,10,13-14,25H2,1H3/t18-/m1/s1. The van der Waals surface area contributed by atoms with E-state index in [0.717, 1.165) is 54.4 Å². The monoisotopic (exact) mass is 418 g/mol. The van der Waals surface area contributed by atoms with Gasteiger partial charge >= 0.3 is 0 Å². The number of aromatic nitrogens is 4. The first-order valence-electron chi connectivity index (χ1n) is 11.7. The molecule has 0 spiro atoms. The molecule has 7 nitrogen and oxygen atoms in total. The number of carbonyl (C=O) groups is 1. The van der Waals surface area contributed by atoms with Gasteiger partial charge < -0.3 is 15.2 Å². The first kappa shape index (κ1) is 19.0. The molecule has 31 heavy (non-hydrogen) atoms. The summed E-state index contributed by atoms with van der Waals surface area (Å²) in [6.45, 7) is 2.39. The Morgan fingerprint density at radius 2 is 2.00 bits per heavy atom. The molecule has 1 aliphatic heterocycles. The van der Waals surface area contributed by atoms with Crippen molar-refractivity contribution in [1.82, 2.24) is 24.2 Å². The minimum Gasteiger partial charge on any atom is -0.337 e. The van der Waals surface area contributed by atoms with Gasteiger partial charge in [-0.15, -0.1) is 0 Å². The van der Waals surface area contributed by atoms with Gasteiger partial charge in [0.05, 0.1) is 16.7 Å². The molecule has 162 valence electrons. The lowest BCUT2D eigenvalue weighted by Crippen LogP contribution is -2.45. The number of amides is 1. The summed E-state index contributed by atoms with van der Waals surface area (Å²) in [4.78, 5) is 19.9. The fraction of sp³-hybridized carbons (Fsp3) is 0.542. The zero-order valence-electron chi connectivity index (χ0n) is 18.1. The van der Waals surface area contributed by atoms with Crippen LogP contribution in [0.5, 0.6) is 0 Å². The number of piperidine rings is 1. The molecule has 6 rings (SSSR count). The Bertz CT molecular complexity index is 1150. The fourth-order valence-corrected chi connectivity index (χ4v) is 4.82. The molecule has 2 aromatic heterocycles. The number of rotatable bonds is 5. The van der Waals surface area contributed by atoms with Crippen molar-refractivity contribution < 1.29 is 4.79 Å². The van der Waals surface area contributed by atoms with Gasteiger partial charge in [-0.25, -0.2) is 4.98 Å². The van der Waals surface area contributed by atoms with Gasteiger partial charge in [-0.3, -0.25) is 9.48 Å². The van der Waals surface area contributed by atoms with E-state index in [1.165, 1.54) is 31.4 Å². The Balaban J connectivity index is 1.36. The summed E-state index contributed by atoms with van der Waals surface area (Å²) in [6.07, 6.45) is 7.04. The second kappa shape index (κ2) is 7.19. The Labute approximate surface area is 182 Å². The maximum atomic E-state index is 13.0. The number of imidazole rings is 1. The third-order valence-corrected chi connectivity index (χ3v) is 7.02. The molecule has 7 heteroatoms. The van der Waals surface area contributed by atoms with Gasteiger partial charge in [0.15, 0.2) is 5.82 Å². The lowest BCUT2D eigenvalue weighted by Gasteiger charge is -2.30. The molecule has 2 N–H and O–H groups in total. The first-order valence-corrected chi connectivity index (χ1v) is 11.7. The maximum absolute atomic E-state index is 13.0. The molecule has 3 heterocycles. The Kier molecular flexibility index (Phi) is 4.42. The first-order chi connectivity index (χ1) is 15.1. The van der Waals surface area contributed by atoms with Crippen LogP contribution in [0.4, 0.5) is 0 Å². The van der Waals surface area contributed by atoms with Crippen molar-refractivity contribution in [2.75, 3.05) is 13.1 Å². The summed E-state index contributed by atoms with van der Waals surface area (Å²) < 4.78 is 4.31. The van der Waals surface area contributed by atoms with Crippen molar-refractivity contribution in [1.29, 1.82) is 0 Å². The van der Waals surface area contributed by atoms with E-state index in [9.17, 15) is 4.79 Å². The summed E-state index contributed by atoms with van der Waals surface area (Å²) in [5.41, 5.74) is 11.0. The lowest BCUT2D eigenvalue weighted by atomic mass is 10.1. The predicted octanol–water partition coefficient (Wildman–Crippen LogP) is 3.29. The van der Waals surface area contributed by atoms with Crippen LogP contribution in [-0.4, -0.2) is 49.3 Å². The highest BCUT2D eigenvalue weighted by atomic mass is 16.2. The Hall–Kier alpha value is -2.67. The second-order valence-corrected chi connectivity index (χ2v) is 9.71. The van der Waals surface area contributed by atoms with Crippen LogP contribution in [0.25, 0.3) is 22.6 Å². The van der Waals surface area contributed by atoms with Crippen LogP contribution >= 0.6 is 0 Å². The number of carbonyl (C=O) groups excluding carboxylic acids is 1. The lowest BCUT2D eigenvalue weighted by molar-refractivity contribution is 0.0709. The zero-order valence-corrected chi connectivity index (χ0v) is 18.1. The molecule has 2 saturated carbocycles. The summed E-state index contributed by atoms with van der Waals surface area (Å²) in [7, 11) is 2.06. The molecule has 1 atom stereocenters. The summed E-state index contributed by atoms with van der Waals surface area (Å²) in [5, 5.41) is 4.94. The number of benzene rings is 1. The van der Waals surface area contributed by atoms with E-state index in [1.807, 2.05) is 23.1 Å². The van der Waals surface area contributed by atoms with Gasteiger partial charge in [-0.1, -0.05) is 0 Å². The minimum absolute atomic E-state index is 0.0547. The van der Waals surface area contributed by atoms with Gasteiger partial charge in [0.1, 0.15) is 5.69 Å². The topological polar surface area (TPSA) is 82.0 Å². The van der Waals surface area contributed by atoms with Crippen LogP contribution in [0.3, 0.4) is 0 Å². The van der Waals surface area contributed by atoms with Gasteiger partial charge in [0, 0.05) is 44.2 Å². The third-order valence-electron chi connectivity index (χ3n) is 7.02. The molecular formula is C24H30N6O. The van der Waals surface area contributed by atoms with Crippen molar-refractivity contribution >= 4 is 16.9 Å². The normalized spacial score (nSPS) is 21.7. The van der Waals surface area contributed by atoms with Crippen LogP contribution in [0.15, 0.2) is 24.3 Å². The number of hydrogen-bond acceptors (Lipinski definition) is 4. The van der Waals surface area contributed by atoms with Crippen LogP contribution in [-0.2, 0) is 13.6 Å². The molecule has 1 saturated heterocycles. The van der Waals surface area contributed by atoms with Crippen molar-refractivity contribution in [3.8, 4) is 11.5 Å². The number of nitrogens with zero attached hydrogens (tertiary/aromatic N) is 5. The average molecular weight is 419 g/mol. The molecule has 0 unspecified atom stereocenters. The van der Waals surface area contributed by atoms with Crippen LogP contribution in [0, 0.1) is 5.92 Å². The van der Waals surface area contributed by atoms with Gasteiger partial charge in [0.25, 0.3) is 5.91 Å². The van der Waals surface area contributed by atoms with Crippen molar-refractivity contribution in [3.63, 3.8) is 0 Å². The number of nitrogens with two attached hydrogens (primary N) is 1. The predicted molar refractivity (Wildman–Crippen MR) is 120 cm³/mol. The fourth-order valence-electron chi connectivity index (χ4n) is 4.82. The zero-order chi connectivity index (χ0) is 21.1. The Morgan fingerprint density at radius 3 is 2.74 bits per heavy atom. The molecule has 0 bridgehead atoms. The average Bonchev–Trinajstić information content (AvgIpc) is 3.69. The van der Waals surface area contributed by atoms with E-state index >= 15 is 0 Å². The SMILES string of the molecule is Cn1c(-c2cc(C3CC3)nn2CC2CC2)nc2cc(C(=O)N3CCC[C@@H](N)C3)ccc21. The molecule has 1 amide bonds. The number of aryl methyl sites for hydroxylation is 1. The molecule has 1 aromatic carbocycles. The van der Waals surface area contributed by atoms with Gasteiger partial charge in [-0.2, -0.15) is 5.10 Å². The third kappa shape index (κ3) is 3.55. The quantitative estimate of drug-likeness (QED) is 0.689. The van der Waals surface area contributed by atoms with Gasteiger partial charge in [0.2, 0.25) is 0 Å². The summed E-state index contributed by atoms with van der Waals surface area (Å²) >= 11 is 0. The van der Waals surface area contributed by atoms with Gasteiger partial charge in [-0.05, 0) is 68.7 Å². The largest absolute Gasteiger partial charge is 0.337 e. The Morgan fingerprint density at radius 1 is 1.16 bits per heavy atom. The van der Waals surface area contributed by atoms with E-state index in [4.69, 9.17) is 15.8 Å². The number of fused-ring (bicyclic) bond motifs is 1. The van der Waals surface area contributed by atoms with Crippen molar-refractivity contribution in [3.05, 3.63) is 35.5 Å². The highest BCUT2D eigenvalue weighted by molar-refractivity contribution is 5.98. The van der Waals surface area contributed by atoms with Crippen LogP contribution in [0.1, 0.15) is 60.5 Å². The van der Waals surface area contributed by atoms with Crippen LogP contribution in [0.2, 0.25) is 0 Å². The van der Waals surface area contributed by atoms with Crippen molar-refractivity contribution in [2.24, 2.45) is 18.7 Å². The number of likely N-dealkylation sites (tertiary alicyclic amines) is 1. The van der Waals surface area contributed by atoms with E-state index in [0.29, 0.717) is 18.0 Å². The van der Waals surface area contributed by atoms with E-state index < -0.39 is 0 Å². The summed E-state index contributed by atoms with van der Waals surface area (Å²) in [5.74, 6) is 2.35. The van der Waals surface area contributed by atoms with Crippen molar-refractivity contribution in [2.45, 2.75) is 57.0 Å². The van der Waals surface area contributed by atoms with E-state index in [2.05, 4.69) is 22.4 Å².